The summed E-state index contributed by atoms with van der Waals surface area (Å²) in [5.41, 5.74) is 0.404. The quantitative estimate of drug-likeness (QED) is 0.663. The normalized spacial score (nSPS) is 10.7. The summed E-state index contributed by atoms with van der Waals surface area (Å²) in [6.07, 6.45) is -1.10. The van der Waals surface area contributed by atoms with Gasteiger partial charge in [-0.2, -0.15) is 0 Å². The molecule has 2 nitrogen and oxygen atoms in total. The van der Waals surface area contributed by atoms with Crippen LogP contribution in [0.15, 0.2) is 23.1 Å². The average Bonchev–Trinajstić information content (AvgIpc) is 1.94. The zero-order valence-corrected chi connectivity index (χ0v) is 6.63. The van der Waals surface area contributed by atoms with Crippen LogP contribution in [0.1, 0.15) is 5.56 Å². The van der Waals surface area contributed by atoms with Crippen molar-refractivity contribution in [3.63, 3.8) is 0 Å². The minimum Gasteiger partial charge on any atom is -0.310 e. The third-order valence-electron chi connectivity index (χ3n) is 1.49. The summed E-state index contributed by atoms with van der Waals surface area (Å²) in [6, 6.07) is 2.96. The molecule has 0 saturated heterocycles. The van der Waals surface area contributed by atoms with Crippen LogP contribution in [0.5, 0.6) is 0 Å². The summed E-state index contributed by atoms with van der Waals surface area (Å²) >= 11 is 0. The van der Waals surface area contributed by atoms with Crippen LogP contribution in [0.4, 0.5) is 8.78 Å². The second kappa shape index (κ2) is 3.47. The van der Waals surface area contributed by atoms with Gasteiger partial charge in [0.05, 0.1) is 6.54 Å². The van der Waals surface area contributed by atoms with Gasteiger partial charge in [-0.25, -0.2) is 8.78 Å². The van der Waals surface area contributed by atoms with E-state index in [-0.39, 0.29) is 5.56 Å². The Morgan fingerprint density at radius 2 is 2.25 bits per heavy atom. The van der Waals surface area contributed by atoms with Crippen molar-refractivity contribution in [1.82, 2.24) is 4.57 Å². The van der Waals surface area contributed by atoms with Crippen LogP contribution in [0.2, 0.25) is 0 Å². The summed E-state index contributed by atoms with van der Waals surface area (Å²) < 4.78 is 24.7. The molecular weight excluding hydrogens is 164 g/mol. The summed E-state index contributed by atoms with van der Waals surface area (Å²) in [7, 11) is 0. The first-order chi connectivity index (χ1) is 5.59. The highest BCUT2D eigenvalue weighted by Crippen LogP contribution is 1.97. The first-order valence-corrected chi connectivity index (χ1v) is 3.55. The molecule has 1 rings (SSSR count). The van der Waals surface area contributed by atoms with Crippen LogP contribution in [-0.2, 0) is 6.54 Å². The maximum absolute atomic E-state index is 11.8. The summed E-state index contributed by atoms with van der Waals surface area (Å²) in [5, 5.41) is 0. The van der Waals surface area contributed by atoms with E-state index >= 15 is 0 Å². The van der Waals surface area contributed by atoms with Crippen LogP contribution in [-0.4, -0.2) is 11.0 Å². The van der Waals surface area contributed by atoms with E-state index in [1.807, 2.05) is 0 Å². The number of rotatable bonds is 2. The second-order valence-electron chi connectivity index (χ2n) is 2.59. The van der Waals surface area contributed by atoms with Gasteiger partial charge in [0.1, 0.15) is 0 Å². The summed E-state index contributed by atoms with van der Waals surface area (Å²) in [4.78, 5) is 11.0. The van der Waals surface area contributed by atoms with Crippen LogP contribution in [0.25, 0.3) is 0 Å². The highest BCUT2D eigenvalue weighted by atomic mass is 19.3. The molecule has 12 heavy (non-hydrogen) atoms. The third kappa shape index (κ3) is 2.15. The molecule has 0 aliphatic heterocycles. The lowest BCUT2D eigenvalue weighted by molar-refractivity contribution is 0.125. The Hall–Kier alpha value is -1.19. The van der Waals surface area contributed by atoms with Gasteiger partial charge in [-0.05, 0) is 18.6 Å². The van der Waals surface area contributed by atoms with Crippen LogP contribution in [0.3, 0.4) is 0 Å². The maximum Gasteiger partial charge on any atom is 0.256 e. The highest BCUT2D eigenvalue weighted by Gasteiger charge is 2.04. The van der Waals surface area contributed by atoms with Gasteiger partial charge in [-0.15, -0.1) is 0 Å². The second-order valence-corrected chi connectivity index (χ2v) is 2.59. The molecule has 0 unspecified atom stereocenters. The molecule has 0 spiro atoms. The molecule has 0 aliphatic carbocycles. The maximum atomic E-state index is 11.8. The molecule has 0 atom stereocenters. The van der Waals surface area contributed by atoms with Crippen molar-refractivity contribution < 1.29 is 8.78 Å². The van der Waals surface area contributed by atoms with Crippen LogP contribution >= 0.6 is 0 Å². The molecule has 0 fully saturated rings. The number of aryl methyl sites for hydroxylation is 1. The molecule has 0 saturated carbocycles. The smallest absolute Gasteiger partial charge is 0.256 e. The molecule has 1 aromatic rings. The van der Waals surface area contributed by atoms with E-state index < -0.39 is 13.0 Å². The predicted molar refractivity (Wildman–Crippen MR) is 41.4 cm³/mol. The number of pyridine rings is 1. The van der Waals surface area contributed by atoms with Crippen molar-refractivity contribution in [2.45, 2.75) is 19.9 Å². The molecule has 4 heteroatoms. The van der Waals surface area contributed by atoms with Gasteiger partial charge in [0.15, 0.2) is 0 Å². The Morgan fingerprint density at radius 1 is 1.58 bits per heavy atom. The Morgan fingerprint density at radius 3 is 2.75 bits per heavy atom. The van der Waals surface area contributed by atoms with E-state index in [9.17, 15) is 13.6 Å². The van der Waals surface area contributed by atoms with Gasteiger partial charge < -0.3 is 4.57 Å². The van der Waals surface area contributed by atoms with Crippen LogP contribution < -0.4 is 5.56 Å². The van der Waals surface area contributed by atoms with E-state index in [4.69, 9.17) is 0 Å². The zero-order chi connectivity index (χ0) is 9.14. The number of nitrogens with zero attached hydrogens (tertiary/aromatic N) is 1. The lowest BCUT2D eigenvalue weighted by Crippen LogP contribution is -2.21. The predicted octanol–water partition coefficient (Wildman–Crippen LogP) is 1.42. The SMILES string of the molecule is Cc1ccn(CC(F)F)c(=O)c1. The average molecular weight is 173 g/mol. The lowest BCUT2D eigenvalue weighted by atomic mass is 10.3. The molecule has 0 aliphatic rings. The standard InChI is InChI=1S/C8H9F2NO/c1-6-2-3-11(5-7(9)10)8(12)4-6/h2-4,7H,5H2,1H3. The van der Waals surface area contributed by atoms with Gasteiger partial charge in [0.25, 0.3) is 12.0 Å². The fraction of sp³-hybridized carbons (Fsp3) is 0.375. The molecule has 66 valence electrons. The van der Waals surface area contributed by atoms with E-state index in [1.165, 1.54) is 12.3 Å². The van der Waals surface area contributed by atoms with Gasteiger partial charge in [-0.3, -0.25) is 4.79 Å². The van der Waals surface area contributed by atoms with Crippen molar-refractivity contribution in [2.24, 2.45) is 0 Å². The third-order valence-corrected chi connectivity index (χ3v) is 1.49. The Bertz CT molecular complexity index is 319. The summed E-state index contributed by atoms with van der Waals surface area (Å²) in [5.74, 6) is 0. The molecule has 0 aromatic carbocycles. The van der Waals surface area contributed by atoms with Gasteiger partial charge >= 0.3 is 0 Å². The molecule has 1 heterocycles. The largest absolute Gasteiger partial charge is 0.310 e. The summed E-state index contributed by atoms with van der Waals surface area (Å²) in [6.45, 7) is 1.22. The molecule has 0 bridgehead atoms. The van der Waals surface area contributed by atoms with E-state index in [0.717, 1.165) is 10.1 Å². The molecule has 0 radical (unpaired) electrons. The Balaban J connectivity index is 2.94. The molecular formula is C8H9F2NO. The number of alkyl halides is 2. The molecule has 0 N–H and O–H groups in total. The van der Waals surface area contributed by atoms with Crippen LogP contribution in [0, 0.1) is 6.92 Å². The fourth-order valence-electron chi connectivity index (χ4n) is 0.906. The number of aromatic nitrogens is 1. The minimum atomic E-state index is -2.48. The lowest BCUT2D eigenvalue weighted by Gasteiger charge is -2.03. The highest BCUT2D eigenvalue weighted by molar-refractivity contribution is 5.07. The van der Waals surface area contributed by atoms with Crippen molar-refractivity contribution in [1.29, 1.82) is 0 Å². The monoisotopic (exact) mass is 173 g/mol. The number of hydrogen-bond donors (Lipinski definition) is 0. The van der Waals surface area contributed by atoms with E-state index in [1.54, 1.807) is 13.0 Å². The zero-order valence-electron chi connectivity index (χ0n) is 6.63. The van der Waals surface area contributed by atoms with Gasteiger partial charge in [0.2, 0.25) is 0 Å². The topological polar surface area (TPSA) is 22.0 Å². The minimum absolute atomic E-state index is 0.379. The number of hydrogen-bond acceptors (Lipinski definition) is 1. The van der Waals surface area contributed by atoms with Crippen molar-refractivity contribution in [3.8, 4) is 0 Å². The fourth-order valence-corrected chi connectivity index (χ4v) is 0.906. The first-order valence-electron chi connectivity index (χ1n) is 3.55. The van der Waals surface area contributed by atoms with Crippen molar-refractivity contribution in [3.05, 3.63) is 34.2 Å². The van der Waals surface area contributed by atoms with Crippen molar-refractivity contribution in [2.75, 3.05) is 0 Å². The Labute approximate surface area is 68.4 Å². The van der Waals surface area contributed by atoms with E-state index in [2.05, 4.69) is 0 Å². The van der Waals surface area contributed by atoms with E-state index in [0.29, 0.717) is 0 Å². The first kappa shape index (κ1) is 8.90. The Kier molecular flexibility index (Phi) is 2.58. The number of halogens is 2. The van der Waals surface area contributed by atoms with Gasteiger partial charge in [-0.1, -0.05) is 0 Å². The van der Waals surface area contributed by atoms with Crippen molar-refractivity contribution >= 4 is 0 Å². The molecule has 1 aromatic heterocycles. The molecule has 0 amide bonds. The van der Waals surface area contributed by atoms with Gasteiger partial charge in [0, 0.05) is 12.3 Å².